The van der Waals surface area contributed by atoms with Gasteiger partial charge in [-0.1, -0.05) is 22.0 Å². The molecule has 7 nitrogen and oxygen atoms in total. The highest BCUT2D eigenvalue weighted by Crippen LogP contribution is 2.36. The van der Waals surface area contributed by atoms with Crippen molar-refractivity contribution in [2.45, 2.75) is 23.5 Å². The predicted octanol–water partition coefficient (Wildman–Crippen LogP) is 4.48. The summed E-state index contributed by atoms with van der Waals surface area (Å²) in [6, 6.07) is 13.0. The zero-order valence-electron chi connectivity index (χ0n) is 18.2. The Labute approximate surface area is 204 Å². The number of halogens is 1. The average Bonchev–Trinajstić information content (AvgIpc) is 2.83. The fourth-order valence-corrected chi connectivity index (χ4v) is 5.30. The Morgan fingerprint density at radius 3 is 2.76 bits per heavy atom. The average molecular weight is 528 g/mol. The Kier molecular flexibility index (Phi) is 5.70. The third kappa shape index (κ3) is 3.93. The van der Waals surface area contributed by atoms with Gasteiger partial charge in [0.05, 0.1) is 18.2 Å². The second-order valence-corrected chi connectivity index (χ2v) is 9.81. The Hall–Kier alpha value is -2.78. The summed E-state index contributed by atoms with van der Waals surface area (Å²) in [5.41, 5.74) is 0.799. The number of amides is 2. The number of rotatable bonds is 3. The van der Waals surface area contributed by atoms with Crippen molar-refractivity contribution < 1.29 is 19.1 Å². The van der Waals surface area contributed by atoms with Crippen LogP contribution in [0.25, 0.3) is 10.9 Å². The summed E-state index contributed by atoms with van der Waals surface area (Å²) < 4.78 is 12.6. The van der Waals surface area contributed by atoms with E-state index in [2.05, 4.69) is 26.2 Å². The van der Waals surface area contributed by atoms with E-state index in [-0.39, 0.29) is 11.8 Å². The van der Waals surface area contributed by atoms with Crippen molar-refractivity contribution in [3.8, 4) is 11.5 Å². The minimum absolute atomic E-state index is 0.160. The minimum Gasteiger partial charge on any atom is -0.496 e. The summed E-state index contributed by atoms with van der Waals surface area (Å²) in [5.74, 6) is 0.862. The molecule has 0 atom stereocenters. The lowest BCUT2D eigenvalue weighted by molar-refractivity contribution is -0.0246. The quantitative estimate of drug-likeness (QED) is 0.505. The van der Waals surface area contributed by atoms with Crippen molar-refractivity contribution >= 4 is 50.4 Å². The van der Waals surface area contributed by atoms with Gasteiger partial charge in [0, 0.05) is 46.8 Å². The van der Waals surface area contributed by atoms with E-state index in [4.69, 9.17) is 9.47 Å². The maximum atomic E-state index is 13.4. The summed E-state index contributed by atoms with van der Waals surface area (Å²) in [5, 5.41) is 3.89. The molecule has 0 unspecified atom stereocenters. The molecule has 0 saturated carbocycles. The van der Waals surface area contributed by atoms with Gasteiger partial charge >= 0.3 is 0 Å². The molecular formula is C24H22BrN3O4S. The number of thioether (sulfide) groups is 1. The van der Waals surface area contributed by atoms with Gasteiger partial charge in [0.15, 0.2) is 5.72 Å². The van der Waals surface area contributed by atoms with Gasteiger partial charge in [-0.05, 0) is 36.6 Å². The highest BCUT2D eigenvalue weighted by molar-refractivity contribution is 9.10. The molecule has 3 heterocycles. The van der Waals surface area contributed by atoms with Gasteiger partial charge in [0.2, 0.25) is 0 Å². The van der Waals surface area contributed by atoms with E-state index >= 15 is 0 Å². The van der Waals surface area contributed by atoms with Crippen LogP contribution >= 0.6 is 27.7 Å². The predicted molar refractivity (Wildman–Crippen MR) is 130 cm³/mol. The van der Waals surface area contributed by atoms with Crippen LogP contribution in [0.15, 0.2) is 51.8 Å². The molecule has 1 fully saturated rings. The van der Waals surface area contributed by atoms with Crippen LogP contribution in [0, 0.1) is 0 Å². The van der Waals surface area contributed by atoms with Crippen LogP contribution in [0.2, 0.25) is 0 Å². The number of likely N-dealkylation sites (tertiary alicyclic amines) is 1. The van der Waals surface area contributed by atoms with E-state index in [9.17, 15) is 9.59 Å². The Balaban J connectivity index is 1.38. The maximum Gasteiger partial charge on any atom is 0.272 e. The van der Waals surface area contributed by atoms with Gasteiger partial charge < -0.3 is 19.7 Å². The highest BCUT2D eigenvalue weighted by atomic mass is 79.9. The van der Waals surface area contributed by atoms with Crippen molar-refractivity contribution in [1.82, 2.24) is 15.2 Å². The summed E-state index contributed by atoms with van der Waals surface area (Å²) >= 11 is 4.97. The van der Waals surface area contributed by atoms with Crippen molar-refractivity contribution in [1.29, 1.82) is 0 Å². The van der Waals surface area contributed by atoms with Gasteiger partial charge in [-0.15, -0.1) is 11.8 Å². The Morgan fingerprint density at radius 1 is 1.24 bits per heavy atom. The number of carbonyl (C=O) groups excluding carboxylic acids is 2. The summed E-state index contributed by atoms with van der Waals surface area (Å²) in [6.45, 7) is 0.883. The van der Waals surface area contributed by atoms with Crippen LogP contribution in [-0.4, -0.2) is 53.9 Å². The lowest BCUT2D eigenvalue weighted by Crippen LogP contribution is -2.61. The fraction of sp³-hybridized carbons (Fsp3) is 0.292. The Morgan fingerprint density at radius 2 is 2.03 bits per heavy atom. The number of hydrogen-bond acceptors (Lipinski definition) is 6. The summed E-state index contributed by atoms with van der Waals surface area (Å²) in [6.07, 6.45) is 2.96. The van der Waals surface area contributed by atoms with Gasteiger partial charge in [-0.3, -0.25) is 9.59 Å². The molecule has 5 rings (SSSR count). The number of ether oxygens (including phenoxy) is 2. The number of methoxy groups -OCH3 is 1. The fourth-order valence-electron chi connectivity index (χ4n) is 4.37. The van der Waals surface area contributed by atoms with Crippen molar-refractivity contribution in [2.75, 3.05) is 26.5 Å². The first-order valence-electron chi connectivity index (χ1n) is 10.6. The molecule has 0 radical (unpaired) electrons. The SMILES string of the molecule is COc1cc(C(=O)N2CCC3(CC2)NC(=O)c2cc(Br)ccc2O3)nc2c(SC)cccc12. The van der Waals surface area contributed by atoms with Crippen LogP contribution in [0.3, 0.4) is 0 Å². The number of hydrogen-bond donors (Lipinski definition) is 1. The molecule has 1 N–H and O–H groups in total. The molecule has 1 aromatic heterocycles. The number of nitrogens with one attached hydrogen (secondary N) is 1. The van der Waals surface area contributed by atoms with Crippen LogP contribution < -0.4 is 14.8 Å². The van der Waals surface area contributed by atoms with E-state index in [0.29, 0.717) is 48.7 Å². The first-order chi connectivity index (χ1) is 15.9. The summed E-state index contributed by atoms with van der Waals surface area (Å²) in [7, 11) is 1.60. The normalized spacial score (nSPS) is 16.8. The van der Waals surface area contributed by atoms with Crippen LogP contribution in [0.1, 0.15) is 33.7 Å². The number of aromatic nitrogens is 1. The molecule has 9 heteroatoms. The number of carbonyl (C=O) groups is 2. The molecule has 2 amide bonds. The first-order valence-corrected chi connectivity index (χ1v) is 12.6. The molecule has 170 valence electrons. The maximum absolute atomic E-state index is 13.4. The topological polar surface area (TPSA) is 80.8 Å². The van der Waals surface area contributed by atoms with Crippen molar-refractivity contribution in [2.24, 2.45) is 0 Å². The van der Waals surface area contributed by atoms with E-state index in [1.807, 2.05) is 30.5 Å². The lowest BCUT2D eigenvalue weighted by atomic mass is 9.96. The van der Waals surface area contributed by atoms with E-state index in [1.54, 1.807) is 42.0 Å². The smallest absolute Gasteiger partial charge is 0.272 e. The second kappa shape index (κ2) is 8.53. The number of pyridine rings is 1. The van der Waals surface area contributed by atoms with Gasteiger partial charge in [-0.2, -0.15) is 0 Å². The molecule has 1 spiro atoms. The number of piperidine rings is 1. The zero-order valence-corrected chi connectivity index (χ0v) is 20.6. The molecule has 0 bridgehead atoms. The largest absolute Gasteiger partial charge is 0.496 e. The van der Waals surface area contributed by atoms with E-state index in [0.717, 1.165) is 20.3 Å². The number of benzene rings is 2. The first kappa shape index (κ1) is 22.0. The zero-order chi connectivity index (χ0) is 23.2. The standard InChI is InChI=1S/C24H22BrN3O4S/c1-31-19-13-17(26-21-15(19)4-3-5-20(21)33-2)23(30)28-10-8-24(9-11-28)27-22(29)16-12-14(25)6-7-18(16)32-24/h3-7,12-13H,8-11H2,1-2H3,(H,27,29). The highest BCUT2D eigenvalue weighted by Gasteiger charge is 2.43. The van der Waals surface area contributed by atoms with Crippen LogP contribution in [-0.2, 0) is 0 Å². The van der Waals surface area contributed by atoms with Gasteiger partial charge in [0.1, 0.15) is 17.2 Å². The monoisotopic (exact) mass is 527 g/mol. The third-order valence-corrected chi connectivity index (χ3v) is 7.38. The minimum atomic E-state index is -0.810. The molecule has 3 aromatic rings. The molecule has 2 aliphatic rings. The lowest BCUT2D eigenvalue weighted by Gasteiger charge is -2.44. The molecule has 0 aliphatic carbocycles. The third-order valence-electron chi connectivity index (χ3n) is 6.11. The second-order valence-electron chi connectivity index (χ2n) is 8.05. The number of fused-ring (bicyclic) bond motifs is 2. The van der Waals surface area contributed by atoms with Crippen LogP contribution in [0.4, 0.5) is 0 Å². The molecule has 2 aromatic carbocycles. The van der Waals surface area contributed by atoms with E-state index in [1.165, 1.54) is 0 Å². The number of para-hydroxylation sites is 1. The summed E-state index contributed by atoms with van der Waals surface area (Å²) in [4.78, 5) is 33.5. The Bertz CT molecular complexity index is 1270. The molecular weight excluding hydrogens is 506 g/mol. The van der Waals surface area contributed by atoms with E-state index < -0.39 is 5.72 Å². The van der Waals surface area contributed by atoms with Crippen LogP contribution in [0.5, 0.6) is 11.5 Å². The van der Waals surface area contributed by atoms with Gasteiger partial charge in [0.25, 0.3) is 11.8 Å². The van der Waals surface area contributed by atoms with Crippen molar-refractivity contribution in [3.05, 3.63) is 58.2 Å². The van der Waals surface area contributed by atoms with Crippen molar-refractivity contribution in [3.63, 3.8) is 0 Å². The molecule has 1 saturated heterocycles. The molecule has 2 aliphatic heterocycles. The van der Waals surface area contributed by atoms with Gasteiger partial charge in [-0.25, -0.2) is 4.98 Å². The molecule has 33 heavy (non-hydrogen) atoms. The number of nitrogens with zero attached hydrogens (tertiary/aromatic N) is 2.